The Morgan fingerprint density at radius 1 is 1.10 bits per heavy atom. The second-order valence-electron chi connectivity index (χ2n) is 4.64. The van der Waals surface area contributed by atoms with Gasteiger partial charge in [0.2, 0.25) is 11.8 Å². The van der Waals surface area contributed by atoms with Crippen molar-refractivity contribution in [2.45, 2.75) is 6.92 Å². The molecular formula is C16H13N3O2. The fourth-order valence-corrected chi connectivity index (χ4v) is 2.20. The molecule has 0 aliphatic carbocycles. The van der Waals surface area contributed by atoms with Crippen LogP contribution in [0.1, 0.15) is 6.92 Å². The van der Waals surface area contributed by atoms with E-state index >= 15 is 0 Å². The van der Waals surface area contributed by atoms with Crippen molar-refractivity contribution in [2.75, 3.05) is 5.32 Å². The van der Waals surface area contributed by atoms with Crippen LogP contribution in [0.3, 0.4) is 0 Å². The number of aromatic hydroxyl groups is 1. The van der Waals surface area contributed by atoms with Crippen molar-refractivity contribution in [3.8, 4) is 17.0 Å². The number of aromatic nitrogens is 2. The maximum Gasteiger partial charge on any atom is 0.222 e. The van der Waals surface area contributed by atoms with Gasteiger partial charge in [0.15, 0.2) is 5.65 Å². The highest BCUT2D eigenvalue weighted by Crippen LogP contribution is 2.30. The zero-order valence-electron chi connectivity index (χ0n) is 11.4. The average molecular weight is 279 g/mol. The van der Waals surface area contributed by atoms with Gasteiger partial charge in [0.1, 0.15) is 5.82 Å². The minimum atomic E-state index is -0.203. The summed E-state index contributed by atoms with van der Waals surface area (Å²) in [7, 11) is 0. The van der Waals surface area contributed by atoms with Gasteiger partial charge in [-0.2, -0.15) is 4.98 Å². The third kappa shape index (κ3) is 2.67. The third-order valence-electron chi connectivity index (χ3n) is 3.05. The summed E-state index contributed by atoms with van der Waals surface area (Å²) in [6.45, 7) is 1.41. The molecule has 0 bridgehead atoms. The Labute approximate surface area is 121 Å². The smallest absolute Gasteiger partial charge is 0.222 e. The molecule has 5 nitrogen and oxygen atoms in total. The Morgan fingerprint density at radius 3 is 2.57 bits per heavy atom. The van der Waals surface area contributed by atoms with Crippen molar-refractivity contribution in [3.63, 3.8) is 0 Å². The molecule has 21 heavy (non-hydrogen) atoms. The van der Waals surface area contributed by atoms with Crippen LogP contribution in [0, 0.1) is 0 Å². The molecule has 0 unspecified atom stereocenters. The summed E-state index contributed by atoms with van der Waals surface area (Å²) in [5, 5.41) is 13.2. The first-order valence-corrected chi connectivity index (χ1v) is 6.47. The lowest BCUT2D eigenvalue weighted by Crippen LogP contribution is -2.07. The molecule has 0 aliphatic heterocycles. The van der Waals surface area contributed by atoms with E-state index in [0.29, 0.717) is 11.5 Å². The van der Waals surface area contributed by atoms with Crippen LogP contribution in [0.5, 0.6) is 5.88 Å². The molecule has 0 saturated heterocycles. The zero-order chi connectivity index (χ0) is 14.8. The van der Waals surface area contributed by atoms with Crippen LogP contribution in [-0.2, 0) is 4.79 Å². The van der Waals surface area contributed by atoms with E-state index in [4.69, 9.17) is 0 Å². The molecule has 0 spiro atoms. The fourth-order valence-electron chi connectivity index (χ4n) is 2.20. The van der Waals surface area contributed by atoms with Crippen LogP contribution in [0.15, 0.2) is 48.5 Å². The maximum atomic E-state index is 11.1. The molecule has 1 aromatic carbocycles. The Kier molecular flexibility index (Phi) is 3.23. The lowest BCUT2D eigenvalue weighted by molar-refractivity contribution is -0.114. The van der Waals surface area contributed by atoms with Crippen molar-refractivity contribution in [2.24, 2.45) is 0 Å². The molecule has 0 atom stereocenters. The number of fused-ring (bicyclic) bond motifs is 1. The Bertz CT molecular complexity index is 816. The molecule has 2 aromatic heterocycles. The maximum absolute atomic E-state index is 11.1. The number of carbonyl (C=O) groups is 1. The van der Waals surface area contributed by atoms with Crippen LogP contribution in [0.4, 0.5) is 5.82 Å². The number of anilines is 1. The van der Waals surface area contributed by atoms with Crippen molar-refractivity contribution >= 4 is 22.8 Å². The standard InChI is InChI=1S/C16H13N3O2/c1-10(20)17-14-8-7-12-13(11-5-3-2-4-6-11)9-15(21)19-16(12)18-14/h2-9H,1H3,(H2,17,18,19,20,21). The first kappa shape index (κ1) is 13.1. The number of rotatable bonds is 2. The average Bonchev–Trinajstić information content (AvgIpc) is 2.46. The van der Waals surface area contributed by atoms with Gasteiger partial charge in [-0.15, -0.1) is 0 Å². The highest BCUT2D eigenvalue weighted by Gasteiger charge is 2.09. The number of hydrogen-bond donors (Lipinski definition) is 2. The number of amides is 1. The molecule has 2 N–H and O–H groups in total. The molecule has 104 valence electrons. The van der Waals surface area contributed by atoms with Crippen LogP contribution < -0.4 is 5.32 Å². The van der Waals surface area contributed by atoms with Crippen molar-refractivity contribution < 1.29 is 9.90 Å². The number of benzene rings is 1. The van der Waals surface area contributed by atoms with Gasteiger partial charge in [0.25, 0.3) is 0 Å². The highest BCUT2D eigenvalue weighted by molar-refractivity contribution is 5.95. The lowest BCUT2D eigenvalue weighted by atomic mass is 10.0. The second kappa shape index (κ2) is 5.20. The SMILES string of the molecule is CC(=O)Nc1ccc2c(-c3ccccc3)cc(O)nc2n1. The molecule has 1 amide bonds. The Hall–Kier alpha value is -2.95. The molecule has 5 heteroatoms. The molecule has 2 heterocycles. The van der Waals surface area contributed by atoms with E-state index in [0.717, 1.165) is 16.5 Å². The summed E-state index contributed by atoms with van der Waals surface area (Å²) < 4.78 is 0. The van der Waals surface area contributed by atoms with Gasteiger partial charge in [0.05, 0.1) is 0 Å². The van der Waals surface area contributed by atoms with Gasteiger partial charge in [-0.1, -0.05) is 30.3 Å². The van der Waals surface area contributed by atoms with Crippen LogP contribution >= 0.6 is 0 Å². The molecule has 0 radical (unpaired) electrons. The lowest BCUT2D eigenvalue weighted by Gasteiger charge is -2.08. The number of pyridine rings is 2. The van der Waals surface area contributed by atoms with Crippen molar-refractivity contribution in [3.05, 3.63) is 48.5 Å². The van der Waals surface area contributed by atoms with Crippen LogP contribution in [0.2, 0.25) is 0 Å². The molecule has 3 rings (SSSR count). The van der Waals surface area contributed by atoms with E-state index in [-0.39, 0.29) is 11.8 Å². The topological polar surface area (TPSA) is 75.1 Å². The summed E-state index contributed by atoms with van der Waals surface area (Å²) in [5.41, 5.74) is 2.20. The molecular weight excluding hydrogens is 266 g/mol. The predicted molar refractivity (Wildman–Crippen MR) is 80.9 cm³/mol. The normalized spacial score (nSPS) is 10.5. The first-order chi connectivity index (χ1) is 10.1. The van der Waals surface area contributed by atoms with Crippen LogP contribution in [-0.4, -0.2) is 21.0 Å². The summed E-state index contributed by atoms with van der Waals surface area (Å²) in [4.78, 5) is 19.4. The summed E-state index contributed by atoms with van der Waals surface area (Å²) in [6.07, 6.45) is 0. The van der Waals surface area contributed by atoms with E-state index in [2.05, 4.69) is 15.3 Å². The van der Waals surface area contributed by atoms with Crippen molar-refractivity contribution in [1.29, 1.82) is 0 Å². The minimum Gasteiger partial charge on any atom is -0.493 e. The monoisotopic (exact) mass is 279 g/mol. The van der Waals surface area contributed by atoms with Gasteiger partial charge >= 0.3 is 0 Å². The van der Waals surface area contributed by atoms with E-state index in [1.54, 1.807) is 12.1 Å². The number of nitrogens with one attached hydrogen (secondary N) is 1. The van der Waals surface area contributed by atoms with Gasteiger partial charge in [0, 0.05) is 18.4 Å². The minimum absolute atomic E-state index is 0.103. The van der Waals surface area contributed by atoms with E-state index < -0.39 is 0 Å². The number of hydrogen-bond acceptors (Lipinski definition) is 4. The number of carbonyl (C=O) groups excluding carboxylic acids is 1. The molecule has 3 aromatic rings. The molecule has 0 saturated carbocycles. The van der Waals surface area contributed by atoms with E-state index in [9.17, 15) is 9.90 Å². The van der Waals surface area contributed by atoms with Gasteiger partial charge < -0.3 is 10.4 Å². The third-order valence-corrected chi connectivity index (χ3v) is 3.05. The zero-order valence-corrected chi connectivity index (χ0v) is 11.4. The molecule has 0 fully saturated rings. The highest BCUT2D eigenvalue weighted by atomic mass is 16.3. The van der Waals surface area contributed by atoms with Gasteiger partial charge in [-0.25, -0.2) is 4.98 Å². The molecule has 0 aliphatic rings. The Balaban J connectivity index is 2.20. The summed E-state index contributed by atoms with van der Waals surface area (Å²) in [5.74, 6) is 0.103. The Morgan fingerprint density at radius 2 is 1.86 bits per heavy atom. The van der Waals surface area contributed by atoms with E-state index in [1.165, 1.54) is 6.92 Å². The fraction of sp³-hybridized carbons (Fsp3) is 0.0625. The summed E-state index contributed by atoms with van der Waals surface area (Å²) >= 11 is 0. The largest absolute Gasteiger partial charge is 0.493 e. The first-order valence-electron chi connectivity index (χ1n) is 6.47. The quantitative estimate of drug-likeness (QED) is 0.756. The van der Waals surface area contributed by atoms with E-state index in [1.807, 2.05) is 36.4 Å². The van der Waals surface area contributed by atoms with Gasteiger partial charge in [-0.3, -0.25) is 4.79 Å². The predicted octanol–water partition coefficient (Wildman–Crippen LogP) is 2.96. The van der Waals surface area contributed by atoms with Crippen molar-refractivity contribution in [1.82, 2.24) is 9.97 Å². The second-order valence-corrected chi connectivity index (χ2v) is 4.64. The van der Waals surface area contributed by atoms with Crippen LogP contribution in [0.25, 0.3) is 22.2 Å². The van der Waals surface area contributed by atoms with Gasteiger partial charge in [-0.05, 0) is 23.3 Å². The summed E-state index contributed by atoms with van der Waals surface area (Å²) in [6, 6.07) is 14.9. The number of nitrogens with zero attached hydrogens (tertiary/aromatic N) is 2.